The number of hydrogen-bond donors (Lipinski definition) is 0. The number of hydrogen-bond acceptors (Lipinski definition) is 4. The minimum Gasteiger partial charge on any atom is -0.388 e. The molecule has 0 aliphatic heterocycles. The van der Waals surface area contributed by atoms with Gasteiger partial charge in [0.1, 0.15) is 11.5 Å². The molecule has 6 rings (SSSR count). The standard InChI is InChI=1S/C28H30N2O2/c1-3-12-26-13-25(2)14-27(16-26,21-4-8-23(9-5-21)31-19-29)18-28(15-25,17-26)22-6-10-24(11-7-22)32-20-30/h4-11H,3,12-18H2,1-2H3. The molecule has 32 heavy (non-hydrogen) atoms. The molecule has 0 heterocycles. The molecular weight excluding hydrogens is 396 g/mol. The van der Waals surface area contributed by atoms with Gasteiger partial charge < -0.3 is 9.47 Å². The van der Waals surface area contributed by atoms with Gasteiger partial charge in [-0.3, -0.25) is 0 Å². The van der Waals surface area contributed by atoms with Gasteiger partial charge in [0.25, 0.3) is 12.5 Å². The highest BCUT2D eigenvalue weighted by molar-refractivity contribution is 5.43. The van der Waals surface area contributed by atoms with Crippen molar-refractivity contribution >= 4 is 0 Å². The van der Waals surface area contributed by atoms with Crippen LogP contribution in [0.5, 0.6) is 11.5 Å². The topological polar surface area (TPSA) is 66.0 Å². The fourth-order valence-corrected chi connectivity index (χ4v) is 8.64. The van der Waals surface area contributed by atoms with Crippen LogP contribution in [0.4, 0.5) is 0 Å². The van der Waals surface area contributed by atoms with Crippen LogP contribution >= 0.6 is 0 Å². The Balaban J connectivity index is 1.60. The van der Waals surface area contributed by atoms with Crippen LogP contribution in [0.3, 0.4) is 0 Å². The van der Waals surface area contributed by atoms with Gasteiger partial charge in [0.2, 0.25) is 0 Å². The third-order valence-corrected chi connectivity index (χ3v) is 8.48. The summed E-state index contributed by atoms with van der Waals surface area (Å²) in [6.07, 6.45) is 13.5. The highest BCUT2D eigenvalue weighted by Gasteiger charge is 2.67. The van der Waals surface area contributed by atoms with Crippen LogP contribution in [0, 0.1) is 33.9 Å². The van der Waals surface area contributed by atoms with Crippen molar-refractivity contribution in [3.05, 3.63) is 59.7 Å². The molecular formula is C28H30N2O2. The maximum atomic E-state index is 8.86. The minimum absolute atomic E-state index is 0.145. The van der Waals surface area contributed by atoms with Crippen molar-refractivity contribution < 1.29 is 9.47 Å². The van der Waals surface area contributed by atoms with Crippen LogP contribution in [-0.2, 0) is 10.8 Å². The Bertz CT molecular complexity index is 1010. The average molecular weight is 427 g/mol. The lowest BCUT2D eigenvalue weighted by Gasteiger charge is -2.71. The zero-order chi connectivity index (χ0) is 22.5. The van der Waals surface area contributed by atoms with E-state index in [1.807, 2.05) is 24.3 Å². The van der Waals surface area contributed by atoms with Gasteiger partial charge in [-0.25, -0.2) is 0 Å². The second-order valence-corrected chi connectivity index (χ2v) is 11.1. The van der Waals surface area contributed by atoms with E-state index in [1.165, 1.54) is 56.1 Å². The number of benzene rings is 2. The molecule has 2 unspecified atom stereocenters. The first-order valence-electron chi connectivity index (χ1n) is 11.7. The van der Waals surface area contributed by atoms with Crippen molar-refractivity contribution in [3.63, 3.8) is 0 Å². The number of ether oxygens (including phenoxy) is 2. The molecule has 4 fully saturated rings. The molecule has 0 radical (unpaired) electrons. The van der Waals surface area contributed by atoms with Crippen LogP contribution < -0.4 is 9.47 Å². The van der Waals surface area contributed by atoms with Gasteiger partial charge in [-0.15, -0.1) is 10.5 Å². The molecule has 4 nitrogen and oxygen atoms in total. The number of nitrogens with zero attached hydrogens (tertiary/aromatic N) is 2. The maximum absolute atomic E-state index is 8.86. The molecule has 4 aliphatic carbocycles. The lowest BCUT2D eigenvalue weighted by Crippen LogP contribution is -2.63. The van der Waals surface area contributed by atoms with Crippen molar-refractivity contribution in [2.75, 3.05) is 0 Å². The summed E-state index contributed by atoms with van der Waals surface area (Å²) >= 11 is 0. The van der Waals surface area contributed by atoms with Gasteiger partial charge in [0, 0.05) is 0 Å². The predicted molar refractivity (Wildman–Crippen MR) is 122 cm³/mol. The summed E-state index contributed by atoms with van der Waals surface area (Å²) in [6, 6.07) is 16.6. The molecule has 0 saturated heterocycles. The largest absolute Gasteiger partial charge is 0.388 e. The summed E-state index contributed by atoms with van der Waals surface area (Å²) < 4.78 is 10.1. The van der Waals surface area contributed by atoms with Crippen LogP contribution in [0.25, 0.3) is 0 Å². The predicted octanol–water partition coefficient (Wildman–Crippen LogP) is 6.76. The maximum Gasteiger partial charge on any atom is 0.292 e. The molecule has 0 N–H and O–H groups in total. The van der Waals surface area contributed by atoms with Crippen LogP contribution in [0.1, 0.15) is 76.3 Å². The Morgan fingerprint density at radius 2 is 1.19 bits per heavy atom. The molecule has 4 heteroatoms. The van der Waals surface area contributed by atoms with Crippen molar-refractivity contribution in [2.24, 2.45) is 10.8 Å². The second kappa shape index (κ2) is 7.28. The zero-order valence-electron chi connectivity index (χ0n) is 19.0. The average Bonchev–Trinajstić information content (AvgIpc) is 2.73. The highest BCUT2D eigenvalue weighted by atomic mass is 16.5. The molecule has 4 aliphatic rings. The molecule has 0 aromatic heterocycles. The van der Waals surface area contributed by atoms with Crippen LogP contribution in [0.15, 0.2) is 48.5 Å². The third kappa shape index (κ3) is 3.25. The van der Waals surface area contributed by atoms with E-state index < -0.39 is 0 Å². The quantitative estimate of drug-likeness (QED) is 0.479. The first kappa shape index (κ1) is 20.9. The van der Waals surface area contributed by atoms with Gasteiger partial charge >= 0.3 is 0 Å². The van der Waals surface area contributed by atoms with E-state index in [0.29, 0.717) is 22.3 Å². The summed E-state index contributed by atoms with van der Waals surface area (Å²) in [7, 11) is 0. The van der Waals surface area contributed by atoms with Crippen molar-refractivity contribution in [3.8, 4) is 24.0 Å². The van der Waals surface area contributed by atoms with Crippen LogP contribution in [-0.4, -0.2) is 0 Å². The second-order valence-electron chi connectivity index (χ2n) is 11.1. The van der Waals surface area contributed by atoms with Gasteiger partial charge in [-0.1, -0.05) is 44.5 Å². The zero-order valence-corrected chi connectivity index (χ0v) is 19.0. The monoisotopic (exact) mass is 426 g/mol. The van der Waals surface area contributed by atoms with E-state index in [4.69, 9.17) is 20.0 Å². The van der Waals surface area contributed by atoms with Crippen molar-refractivity contribution in [2.45, 2.75) is 76.0 Å². The summed E-state index contributed by atoms with van der Waals surface area (Å²) in [4.78, 5) is 0. The van der Waals surface area contributed by atoms with Gasteiger partial charge in [-0.2, -0.15) is 0 Å². The third-order valence-electron chi connectivity index (χ3n) is 8.48. The van der Waals surface area contributed by atoms with E-state index in [9.17, 15) is 0 Å². The van der Waals surface area contributed by atoms with Gasteiger partial charge in [0.15, 0.2) is 0 Å². The molecule has 2 aromatic rings. The molecule has 0 amide bonds. The summed E-state index contributed by atoms with van der Waals surface area (Å²) in [6.45, 7) is 4.83. The van der Waals surface area contributed by atoms with Gasteiger partial charge in [0.05, 0.1) is 0 Å². The molecule has 2 atom stereocenters. The van der Waals surface area contributed by atoms with Crippen LogP contribution in [0.2, 0.25) is 0 Å². The highest BCUT2D eigenvalue weighted by Crippen LogP contribution is 2.75. The number of nitriles is 2. The molecule has 4 saturated carbocycles. The Morgan fingerprint density at radius 1 is 0.719 bits per heavy atom. The first-order chi connectivity index (χ1) is 15.4. The Hall–Kier alpha value is -2.98. The van der Waals surface area contributed by atoms with Crippen molar-refractivity contribution in [1.82, 2.24) is 0 Å². The first-order valence-corrected chi connectivity index (χ1v) is 11.7. The number of rotatable bonds is 6. The fourth-order valence-electron chi connectivity index (χ4n) is 8.64. The van der Waals surface area contributed by atoms with Gasteiger partial charge in [-0.05, 0) is 102 Å². The van der Waals surface area contributed by atoms with E-state index in [0.717, 1.165) is 6.42 Å². The Kier molecular flexibility index (Phi) is 4.75. The van der Waals surface area contributed by atoms with E-state index in [2.05, 4.69) is 38.1 Å². The SMILES string of the molecule is CCCC12CC3(C)CC(c4ccc(OC#N)cc4)(C1)CC(c1ccc(OC#N)cc1)(C3)C2. The Labute approximate surface area is 190 Å². The van der Waals surface area contributed by atoms with E-state index in [1.54, 1.807) is 12.5 Å². The van der Waals surface area contributed by atoms with E-state index in [-0.39, 0.29) is 10.8 Å². The lowest BCUT2D eigenvalue weighted by molar-refractivity contribution is -0.137. The molecule has 164 valence electrons. The summed E-state index contributed by atoms with van der Waals surface area (Å²) in [5.74, 6) is 1.22. The Morgan fingerprint density at radius 3 is 1.59 bits per heavy atom. The fraction of sp³-hybridized carbons (Fsp3) is 0.500. The summed E-state index contributed by atoms with van der Waals surface area (Å²) in [5.41, 5.74) is 3.75. The normalized spacial score (nSPS) is 34.5. The smallest absolute Gasteiger partial charge is 0.292 e. The molecule has 4 bridgehead atoms. The van der Waals surface area contributed by atoms with E-state index >= 15 is 0 Å². The lowest BCUT2D eigenvalue weighted by atomic mass is 9.33. The molecule has 2 aromatic carbocycles. The molecule has 0 spiro atoms. The minimum atomic E-state index is 0.145. The van der Waals surface area contributed by atoms with Crippen molar-refractivity contribution in [1.29, 1.82) is 10.5 Å². The summed E-state index contributed by atoms with van der Waals surface area (Å²) in [5, 5.41) is 17.7.